The second-order valence-electron chi connectivity index (χ2n) is 7.11. The fraction of sp³-hybridized carbons (Fsp3) is 0.579. The van der Waals surface area contributed by atoms with Crippen LogP contribution in [0.1, 0.15) is 48.9 Å². The van der Waals surface area contributed by atoms with Crippen LogP contribution in [0.5, 0.6) is 11.5 Å². The number of halogens is 1. The smallest absolute Gasteiger partial charge is 0.338 e. The maximum absolute atomic E-state index is 12.6. The lowest BCUT2D eigenvalue weighted by Crippen LogP contribution is -2.50. The highest BCUT2D eigenvalue weighted by molar-refractivity contribution is 6.32. The number of hydrogen-bond donors (Lipinski definition) is 0. The first kappa shape index (κ1) is 17.5. The van der Waals surface area contributed by atoms with Crippen molar-refractivity contribution in [1.29, 1.82) is 0 Å². The molecule has 3 aliphatic rings. The zero-order chi connectivity index (χ0) is 18.1. The van der Waals surface area contributed by atoms with Crippen LogP contribution < -0.4 is 9.47 Å². The second kappa shape index (κ2) is 7.35. The minimum absolute atomic E-state index is 0.0730. The molecule has 1 amide bonds. The first-order valence-corrected chi connectivity index (χ1v) is 9.57. The largest absolute Gasteiger partial charge is 0.454 e. The molecular weight excluding hydrogens is 358 g/mol. The number of piperidine rings is 1. The molecule has 26 heavy (non-hydrogen) atoms. The molecule has 0 bridgehead atoms. The summed E-state index contributed by atoms with van der Waals surface area (Å²) < 4.78 is 15.7. The molecule has 0 aromatic heterocycles. The third-order valence-corrected chi connectivity index (χ3v) is 5.83. The standard InChI is InChI=1S/C19H22ClNO5/c20-14-8-13(9-16-18(14)26-11-25-16)19(23)24-10-17(22)21-7-3-5-12-4-1-2-6-15(12)21/h8-9,12,15H,1-7,10-11H2/t12-,15+/m0/s1. The lowest BCUT2D eigenvalue weighted by molar-refractivity contribution is -0.140. The lowest BCUT2D eigenvalue weighted by atomic mass is 9.78. The van der Waals surface area contributed by atoms with E-state index in [-0.39, 0.29) is 24.9 Å². The first-order chi connectivity index (χ1) is 12.6. The summed E-state index contributed by atoms with van der Waals surface area (Å²) in [6.45, 7) is 0.588. The van der Waals surface area contributed by atoms with Crippen molar-refractivity contribution < 1.29 is 23.8 Å². The van der Waals surface area contributed by atoms with Crippen LogP contribution in [0, 0.1) is 5.92 Å². The van der Waals surface area contributed by atoms with Crippen molar-refractivity contribution in [2.75, 3.05) is 19.9 Å². The van der Waals surface area contributed by atoms with Gasteiger partial charge in [0.2, 0.25) is 6.79 Å². The Morgan fingerprint density at radius 1 is 1.15 bits per heavy atom. The molecular formula is C19H22ClNO5. The zero-order valence-corrected chi connectivity index (χ0v) is 15.3. The highest BCUT2D eigenvalue weighted by Gasteiger charge is 2.35. The molecule has 7 heteroatoms. The average Bonchev–Trinajstić information content (AvgIpc) is 3.14. The van der Waals surface area contributed by atoms with Gasteiger partial charge in [-0.05, 0) is 43.7 Å². The number of benzene rings is 1. The van der Waals surface area contributed by atoms with Gasteiger partial charge in [0.25, 0.3) is 5.91 Å². The molecule has 0 radical (unpaired) electrons. The maximum atomic E-state index is 12.6. The third-order valence-electron chi connectivity index (χ3n) is 5.55. The van der Waals surface area contributed by atoms with Gasteiger partial charge in [0.15, 0.2) is 18.1 Å². The molecule has 0 spiro atoms. The minimum atomic E-state index is -0.587. The Bertz CT molecular complexity index is 720. The van der Waals surface area contributed by atoms with E-state index in [1.165, 1.54) is 37.8 Å². The summed E-state index contributed by atoms with van der Waals surface area (Å²) in [4.78, 5) is 26.9. The van der Waals surface area contributed by atoms with Gasteiger partial charge in [-0.15, -0.1) is 0 Å². The highest BCUT2D eigenvalue weighted by atomic mass is 35.5. The third kappa shape index (κ3) is 3.34. The maximum Gasteiger partial charge on any atom is 0.338 e. The Hall–Kier alpha value is -1.95. The van der Waals surface area contributed by atoms with Gasteiger partial charge >= 0.3 is 5.97 Å². The van der Waals surface area contributed by atoms with E-state index in [0.717, 1.165) is 19.4 Å². The van der Waals surface area contributed by atoms with Gasteiger partial charge in [0.1, 0.15) is 0 Å². The highest BCUT2D eigenvalue weighted by Crippen LogP contribution is 2.40. The van der Waals surface area contributed by atoms with Crippen LogP contribution >= 0.6 is 11.6 Å². The van der Waals surface area contributed by atoms with Gasteiger partial charge in [0.05, 0.1) is 10.6 Å². The number of ether oxygens (including phenoxy) is 3. The summed E-state index contributed by atoms with van der Waals surface area (Å²) in [7, 11) is 0. The van der Waals surface area contributed by atoms with Crippen molar-refractivity contribution in [3.8, 4) is 11.5 Å². The van der Waals surface area contributed by atoms with E-state index in [2.05, 4.69) is 0 Å². The van der Waals surface area contributed by atoms with Crippen LogP contribution in [0.15, 0.2) is 12.1 Å². The van der Waals surface area contributed by atoms with Gasteiger partial charge in [-0.2, -0.15) is 0 Å². The number of carbonyl (C=O) groups is 2. The van der Waals surface area contributed by atoms with E-state index in [4.69, 9.17) is 25.8 Å². The van der Waals surface area contributed by atoms with E-state index in [9.17, 15) is 9.59 Å². The fourth-order valence-electron chi connectivity index (χ4n) is 4.31. The predicted octanol–water partition coefficient (Wildman–Crippen LogP) is 3.41. The Kier molecular flexibility index (Phi) is 4.94. The van der Waals surface area contributed by atoms with Crippen molar-refractivity contribution in [3.05, 3.63) is 22.7 Å². The van der Waals surface area contributed by atoms with E-state index in [0.29, 0.717) is 28.5 Å². The molecule has 1 saturated carbocycles. The average molecular weight is 380 g/mol. The van der Waals surface area contributed by atoms with E-state index < -0.39 is 5.97 Å². The van der Waals surface area contributed by atoms with Crippen LogP contribution in [0.3, 0.4) is 0 Å². The van der Waals surface area contributed by atoms with Crippen LogP contribution in [0.4, 0.5) is 0 Å². The van der Waals surface area contributed by atoms with Gasteiger partial charge in [-0.1, -0.05) is 24.4 Å². The van der Waals surface area contributed by atoms with Crippen molar-refractivity contribution in [1.82, 2.24) is 4.90 Å². The monoisotopic (exact) mass is 379 g/mol. The summed E-state index contributed by atoms with van der Waals surface area (Å²) in [5, 5.41) is 0.291. The fourth-order valence-corrected chi connectivity index (χ4v) is 4.58. The van der Waals surface area contributed by atoms with Crippen molar-refractivity contribution >= 4 is 23.5 Å². The molecule has 6 nitrogen and oxygen atoms in total. The normalized spacial score (nSPS) is 24.1. The number of fused-ring (bicyclic) bond motifs is 2. The van der Waals surface area contributed by atoms with Crippen molar-refractivity contribution in [2.45, 2.75) is 44.6 Å². The SMILES string of the molecule is O=C(OCC(=O)N1CCC[C@@H]2CCCC[C@H]21)c1cc(Cl)c2c(c1)OCO2. The molecule has 2 aliphatic heterocycles. The summed E-state index contributed by atoms with van der Waals surface area (Å²) >= 11 is 6.09. The van der Waals surface area contributed by atoms with Crippen molar-refractivity contribution in [2.24, 2.45) is 5.92 Å². The molecule has 0 unspecified atom stereocenters. The number of nitrogens with zero attached hydrogens (tertiary/aromatic N) is 1. The topological polar surface area (TPSA) is 65.1 Å². The quantitative estimate of drug-likeness (QED) is 0.753. The summed E-state index contributed by atoms with van der Waals surface area (Å²) in [5.74, 6) is 0.746. The number of rotatable bonds is 3. The number of hydrogen-bond acceptors (Lipinski definition) is 5. The molecule has 4 rings (SSSR count). The molecule has 2 heterocycles. The van der Waals surface area contributed by atoms with Gasteiger partial charge < -0.3 is 19.1 Å². The first-order valence-electron chi connectivity index (χ1n) is 9.19. The molecule has 2 atom stereocenters. The summed E-state index contributed by atoms with van der Waals surface area (Å²) in [5.41, 5.74) is 0.251. The lowest BCUT2D eigenvalue weighted by Gasteiger charge is -2.44. The molecule has 1 aromatic rings. The number of amides is 1. The Labute approximate surface area is 157 Å². The summed E-state index contributed by atoms with van der Waals surface area (Å²) in [6.07, 6.45) is 6.90. The number of likely N-dealkylation sites (tertiary alicyclic amines) is 1. The van der Waals surface area contributed by atoms with Gasteiger partial charge in [0, 0.05) is 12.6 Å². The van der Waals surface area contributed by atoms with Crippen LogP contribution in [-0.2, 0) is 9.53 Å². The molecule has 1 aliphatic carbocycles. The van der Waals surface area contributed by atoms with Crippen molar-refractivity contribution in [3.63, 3.8) is 0 Å². The van der Waals surface area contributed by atoms with Gasteiger partial charge in [-0.3, -0.25) is 4.79 Å². The van der Waals surface area contributed by atoms with Crippen LogP contribution in [-0.4, -0.2) is 42.8 Å². The molecule has 1 saturated heterocycles. The predicted molar refractivity (Wildman–Crippen MR) is 94.6 cm³/mol. The molecule has 140 valence electrons. The van der Waals surface area contributed by atoms with E-state index in [1.54, 1.807) is 0 Å². The zero-order valence-electron chi connectivity index (χ0n) is 14.5. The molecule has 2 fully saturated rings. The molecule has 1 aromatic carbocycles. The Balaban J connectivity index is 1.38. The Morgan fingerprint density at radius 3 is 2.85 bits per heavy atom. The number of carbonyl (C=O) groups excluding carboxylic acids is 2. The second-order valence-corrected chi connectivity index (χ2v) is 7.52. The minimum Gasteiger partial charge on any atom is -0.454 e. The molecule has 0 N–H and O–H groups in total. The van der Waals surface area contributed by atoms with Gasteiger partial charge in [-0.25, -0.2) is 4.79 Å². The van der Waals surface area contributed by atoms with E-state index >= 15 is 0 Å². The number of esters is 1. The van der Waals surface area contributed by atoms with Crippen LogP contribution in [0.2, 0.25) is 5.02 Å². The Morgan fingerprint density at radius 2 is 1.96 bits per heavy atom. The van der Waals surface area contributed by atoms with E-state index in [1.807, 2.05) is 4.90 Å². The summed E-state index contributed by atoms with van der Waals surface area (Å²) in [6, 6.07) is 3.31. The van der Waals surface area contributed by atoms with Crippen LogP contribution in [0.25, 0.3) is 0 Å².